The topological polar surface area (TPSA) is 51.2 Å². The van der Waals surface area contributed by atoms with Crippen molar-refractivity contribution in [1.29, 1.82) is 0 Å². The third-order valence-corrected chi connectivity index (χ3v) is 5.83. The van der Waals surface area contributed by atoms with E-state index in [-0.39, 0.29) is 5.91 Å². The van der Waals surface area contributed by atoms with Crippen LogP contribution in [0.1, 0.15) is 18.4 Å². The van der Waals surface area contributed by atoms with Crippen LogP contribution in [0.15, 0.2) is 58.8 Å². The second kappa shape index (κ2) is 9.58. The number of thiazole rings is 1. The van der Waals surface area contributed by atoms with Crippen LogP contribution in [0, 0.1) is 6.92 Å². The molecule has 0 saturated carbocycles. The number of carbonyl (C=O) groups excluding carboxylic acids is 1. The molecule has 0 spiro atoms. The minimum atomic E-state index is 0.00939. The number of amides is 1. The van der Waals surface area contributed by atoms with Gasteiger partial charge < -0.3 is 10.1 Å². The number of nitrogens with zero attached hydrogens (tertiary/aromatic N) is 1. The summed E-state index contributed by atoms with van der Waals surface area (Å²) in [5, 5.41) is 5.48. The Bertz CT molecular complexity index is 874. The van der Waals surface area contributed by atoms with Gasteiger partial charge in [-0.05, 0) is 55.5 Å². The van der Waals surface area contributed by atoms with E-state index in [1.54, 1.807) is 18.9 Å². The maximum absolute atomic E-state index is 12.1. The van der Waals surface area contributed by atoms with Crippen LogP contribution in [-0.4, -0.2) is 23.8 Å². The van der Waals surface area contributed by atoms with Crippen LogP contribution < -0.4 is 10.1 Å². The van der Waals surface area contributed by atoms with E-state index in [1.165, 1.54) is 21.8 Å². The van der Waals surface area contributed by atoms with Crippen molar-refractivity contribution in [3.05, 3.63) is 59.5 Å². The fraction of sp³-hybridized carbons (Fsp3) is 0.238. The highest BCUT2D eigenvalue weighted by atomic mass is 32.2. The van der Waals surface area contributed by atoms with E-state index in [0.717, 1.165) is 29.2 Å². The van der Waals surface area contributed by atoms with Gasteiger partial charge in [0, 0.05) is 22.3 Å². The van der Waals surface area contributed by atoms with Crippen LogP contribution in [0.5, 0.6) is 5.75 Å². The maximum Gasteiger partial charge on any atom is 0.226 e. The molecule has 2 aromatic carbocycles. The van der Waals surface area contributed by atoms with Crippen molar-refractivity contribution < 1.29 is 9.53 Å². The smallest absolute Gasteiger partial charge is 0.226 e. The Balaban J connectivity index is 1.44. The molecule has 0 aliphatic heterocycles. The number of anilines is 1. The number of rotatable bonds is 8. The van der Waals surface area contributed by atoms with Crippen LogP contribution in [0.4, 0.5) is 5.13 Å². The Morgan fingerprint density at radius 3 is 2.59 bits per heavy atom. The molecule has 1 aromatic heterocycles. The number of aromatic nitrogens is 1. The number of hydrogen-bond acceptors (Lipinski definition) is 5. The Labute approximate surface area is 168 Å². The molecule has 140 valence electrons. The molecule has 0 bridgehead atoms. The minimum absolute atomic E-state index is 0.00939. The summed E-state index contributed by atoms with van der Waals surface area (Å²) in [5.74, 6) is 1.74. The SMILES string of the molecule is COc1ccc(-c2csc(NC(=O)CCCSc3ccc(C)cc3)n2)cc1. The molecule has 27 heavy (non-hydrogen) atoms. The molecule has 0 fully saturated rings. The number of nitrogens with one attached hydrogen (secondary N) is 1. The molecule has 6 heteroatoms. The van der Waals surface area contributed by atoms with Crippen molar-refractivity contribution in [3.8, 4) is 17.0 Å². The highest BCUT2D eigenvalue weighted by Gasteiger charge is 2.08. The summed E-state index contributed by atoms with van der Waals surface area (Å²) in [6.45, 7) is 2.08. The fourth-order valence-electron chi connectivity index (χ4n) is 2.46. The standard InChI is InChI=1S/C21H22N2O2S2/c1-15-5-11-18(12-6-15)26-13-3-4-20(24)23-21-22-19(14-27-21)16-7-9-17(25-2)10-8-16/h5-12,14H,3-4,13H2,1-2H3,(H,22,23,24). The van der Waals surface area contributed by atoms with Crippen LogP contribution in [0.25, 0.3) is 11.3 Å². The van der Waals surface area contributed by atoms with Gasteiger partial charge in [0.2, 0.25) is 5.91 Å². The normalized spacial score (nSPS) is 10.6. The number of benzene rings is 2. The lowest BCUT2D eigenvalue weighted by Crippen LogP contribution is -2.11. The molecule has 0 aliphatic carbocycles. The van der Waals surface area contributed by atoms with E-state index in [1.807, 2.05) is 29.6 Å². The van der Waals surface area contributed by atoms with Crippen molar-refractivity contribution in [1.82, 2.24) is 4.98 Å². The summed E-state index contributed by atoms with van der Waals surface area (Å²) < 4.78 is 5.17. The van der Waals surface area contributed by atoms with Crippen molar-refractivity contribution in [2.75, 3.05) is 18.2 Å². The third kappa shape index (κ3) is 5.84. The molecular weight excluding hydrogens is 376 g/mol. The number of aryl methyl sites for hydroxylation is 1. The Kier molecular flexibility index (Phi) is 6.90. The van der Waals surface area contributed by atoms with Crippen LogP contribution in [0.3, 0.4) is 0 Å². The first-order valence-electron chi connectivity index (χ1n) is 8.73. The predicted molar refractivity (Wildman–Crippen MR) is 114 cm³/mol. The van der Waals surface area contributed by atoms with Gasteiger partial charge in [-0.15, -0.1) is 23.1 Å². The maximum atomic E-state index is 12.1. The lowest BCUT2D eigenvalue weighted by atomic mass is 10.2. The summed E-state index contributed by atoms with van der Waals surface area (Å²) in [6, 6.07) is 16.2. The van der Waals surface area contributed by atoms with Crippen molar-refractivity contribution in [2.24, 2.45) is 0 Å². The Morgan fingerprint density at radius 1 is 1.15 bits per heavy atom. The van der Waals surface area contributed by atoms with Gasteiger partial charge in [0.1, 0.15) is 5.75 Å². The largest absolute Gasteiger partial charge is 0.497 e. The molecule has 4 nitrogen and oxygen atoms in total. The van der Waals surface area contributed by atoms with Crippen molar-refractivity contribution >= 4 is 34.1 Å². The first kappa shape index (κ1) is 19.5. The van der Waals surface area contributed by atoms with E-state index in [4.69, 9.17) is 4.74 Å². The summed E-state index contributed by atoms with van der Waals surface area (Å²) >= 11 is 3.22. The zero-order valence-corrected chi connectivity index (χ0v) is 17.0. The number of thioether (sulfide) groups is 1. The Hall–Kier alpha value is -2.31. The molecule has 1 heterocycles. The second-order valence-corrected chi connectivity index (χ2v) is 8.11. The molecule has 1 amide bonds. The highest BCUT2D eigenvalue weighted by molar-refractivity contribution is 7.99. The summed E-state index contributed by atoms with van der Waals surface area (Å²) in [4.78, 5) is 17.9. The third-order valence-electron chi connectivity index (χ3n) is 3.97. The average Bonchev–Trinajstić information content (AvgIpc) is 3.15. The molecule has 3 aromatic rings. The number of hydrogen-bond donors (Lipinski definition) is 1. The summed E-state index contributed by atoms with van der Waals surface area (Å²) in [6.07, 6.45) is 1.33. The van der Waals surface area contributed by atoms with Gasteiger partial charge in [0.15, 0.2) is 5.13 Å². The van der Waals surface area contributed by atoms with E-state index in [0.29, 0.717) is 11.6 Å². The lowest BCUT2D eigenvalue weighted by molar-refractivity contribution is -0.116. The first-order valence-corrected chi connectivity index (χ1v) is 10.6. The summed E-state index contributed by atoms with van der Waals surface area (Å²) in [7, 11) is 1.64. The molecule has 3 rings (SSSR count). The zero-order chi connectivity index (χ0) is 19.1. The fourth-order valence-corrected chi connectivity index (χ4v) is 4.05. The molecule has 0 unspecified atom stereocenters. The van der Waals surface area contributed by atoms with E-state index in [9.17, 15) is 4.79 Å². The highest BCUT2D eigenvalue weighted by Crippen LogP contribution is 2.26. The van der Waals surface area contributed by atoms with Gasteiger partial charge in [-0.2, -0.15) is 0 Å². The van der Waals surface area contributed by atoms with Crippen LogP contribution in [-0.2, 0) is 4.79 Å². The van der Waals surface area contributed by atoms with Gasteiger partial charge in [-0.25, -0.2) is 4.98 Å². The molecule has 0 radical (unpaired) electrons. The van der Waals surface area contributed by atoms with Gasteiger partial charge in [-0.3, -0.25) is 4.79 Å². The van der Waals surface area contributed by atoms with Crippen LogP contribution >= 0.6 is 23.1 Å². The van der Waals surface area contributed by atoms with E-state index < -0.39 is 0 Å². The average molecular weight is 399 g/mol. The zero-order valence-electron chi connectivity index (χ0n) is 15.4. The van der Waals surface area contributed by atoms with Gasteiger partial charge in [0.25, 0.3) is 0 Å². The molecular formula is C21H22N2O2S2. The van der Waals surface area contributed by atoms with Gasteiger partial charge in [0.05, 0.1) is 12.8 Å². The molecule has 1 N–H and O–H groups in total. The molecule has 0 aliphatic rings. The quantitative estimate of drug-likeness (QED) is 0.394. The van der Waals surface area contributed by atoms with Gasteiger partial charge in [-0.1, -0.05) is 17.7 Å². The Morgan fingerprint density at radius 2 is 1.89 bits per heavy atom. The van der Waals surface area contributed by atoms with E-state index in [2.05, 4.69) is 41.5 Å². The molecule has 0 saturated heterocycles. The van der Waals surface area contributed by atoms with Crippen molar-refractivity contribution in [3.63, 3.8) is 0 Å². The predicted octanol–water partition coefficient (Wildman–Crippen LogP) is 5.64. The second-order valence-electron chi connectivity index (χ2n) is 6.08. The van der Waals surface area contributed by atoms with Crippen molar-refractivity contribution in [2.45, 2.75) is 24.7 Å². The van der Waals surface area contributed by atoms with E-state index >= 15 is 0 Å². The number of carbonyl (C=O) groups is 1. The lowest BCUT2D eigenvalue weighted by Gasteiger charge is -2.03. The first-order chi connectivity index (χ1) is 13.1. The number of ether oxygens (including phenoxy) is 1. The monoisotopic (exact) mass is 398 g/mol. The summed E-state index contributed by atoms with van der Waals surface area (Å²) in [5.41, 5.74) is 3.12. The minimum Gasteiger partial charge on any atom is -0.497 e. The van der Waals surface area contributed by atoms with Crippen LogP contribution in [0.2, 0.25) is 0 Å². The van der Waals surface area contributed by atoms with Gasteiger partial charge >= 0.3 is 0 Å². The molecule has 0 atom stereocenters. The number of methoxy groups -OCH3 is 1.